The minimum Gasteiger partial charge on any atom is -0.293 e. The van der Waals surface area contributed by atoms with E-state index < -0.39 is 0 Å². The highest BCUT2D eigenvalue weighted by atomic mass is 79.9. The number of Topliss-reactive ketones (excluding diaryl/α,β-unsaturated/α-hetero) is 1. The van der Waals surface area contributed by atoms with E-state index in [2.05, 4.69) is 28.1 Å². The van der Waals surface area contributed by atoms with Crippen LogP contribution in [0.15, 0.2) is 54.6 Å². The molecule has 102 valence electrons. The number of rotatable bonds is 3. The van der Waals surface area contributed by atoms with Gasteiger partial charge in [-0.1, -0.05) is 83.4 Å². The number of ketones is 1. The van der Waals surface area contributed by atoms with E-state index in [1.165, 1.54) is 5.56 Å². The molecule has 0 heterocycles. The molecular weight excluding hydrogens is 312 g/mol. The largest absolute Gasteiger partial charge is 0.293 e. The molecule has 0 unspecified atom stereocenters. The van der Waals surface area contributed by atoms with Gasteiger partial charge in [0.2, 0.25) is 0 Å². The molecule has 0 radical (unpaired) electrons. The highest BCUT2D eigenvalue weighted by Crippen LogP contribution is 2.40. The topological polar surface area (TPSA) is 17.1 Å². The molecule has 0 bridgehead atoms. The van der Waals surface area contributed by atoms with Gasteiger partial charge in [0.15, 0.2) is 5.78 Å². The molecule has 0 aliphatic heterocycles. The van der Waals surface area contributed by atoms with Gasteiger partial charge < -0.3 is 0 Å². The highest BCUT2D eigenvalue weighted by molar-refractivity contribution is 9.10. The summed E-state index contributed by atoms with van der Waals surface area (Å²) in [4.78, 5) is 12.6. The van der Waals surface area contributed by atoms with E-state index in [4.69, 9.17) is 0 Å². The van der Waals surface area contributed by atoms with Gasteiger partial charge in [-0.05, 0) is 24.0 Å². The lowest BCUT2D eigenvalue weighted by atomic mass is 9.94. The number of hydrogen-bond acceptors (Lipinski definition) is 1. The van der Waals surface area contributed by atoms with Gasteiger partial charge in [0, 0.05) is 5.56 Å². The first-order valence-electron chi connectivity index (χ1n) is 7.08. The van der Waals surface area contributed by atoms with Crippen LogP contribution in [0.2, 0.25) is 0 Å². The molecule has 0 N–H and O–H groups in total. The quantitative estimate of drug-likeness (QED) is 0.556. The van der Waals surface area contributed by atoms with E-state index in [0.29, 0.717) is 0 Å². The van der Waals surface area contributed by atoms with Crippen molar-refractivity contribution in [3.63, 3.8) is 0 Å². The van der Waals surface area contributed by atoms with Gasteiger partial charge in [0.25, 0.3) is 0 Å². The molecule has 3 rings (SSSR count). The van der Waals surface area contributed by atoms with Crippen LogP contribution in [0, 0.1) is 0 Å². The van der Waals surface area contributed by atoms with Crippen molar-refractivity contribution in [2.75, 3.05) is 0 Å². The van der Waals surface area contributed by atoms with Crippen LogP contribution in [0.1, 0.15) is 36.0 Å². The fraction of sp³-hybridized carbons (Fsp3) is 0.278. The van der Waals surface area contributed by atoms with Crippen molar-refractivity contribution in [1.82, 2.24) is 0 Å². The van der Waals surface area contributed by atoms with Gasteiger partial charge in [-0.3, -0.25) is 4.79 Å². The lowest BCUT2D eigenvalue weighted by Crippen LogP contribution is -2.28. The summed E-state index contributed by atoms with van der Waals surface area (Å²) in [5.74, 6) is 0.231. The van der Waals surface area contributed by atoms with Gasteiger partial charge in [-0.25, -0.2) is 0 Å². The van der Waals surface area contributed by atoms with Gasteiger partial charge in [0.1, 0.15) is 0 Å². The molecule has 2 heteroatoms. The van der Waals surface area contributed by atoms with Crippen LogP contribution < -0.4 is 0 Å². The lowest BCUT2D eigenvalue weighted by molar-refractivity contribution is 0.0948. The third-order valence-corrected chi connectivity index (χ3v) is 5.21. The van der Waals surface area contributed by atoms with Gasteiger partial charge >= 0.3 is 0 Å². The molecule has 0 amide bonds. The molecule has 1 aliphatic carbocycles. The Labute approximate surface area is 128 Å². The summed E-state index contributed by atoms with van der Waals surface area (Å²) in [5, 5.41) is 0. The SMILES string of the molecule is O=C(c1ccc(-c2ccccc2)cc1)C1(Br)CCCC1. The highest BCUT2D eigenvalue weighted by Gasteiger charge is 2.38. The van der Waals surface area contributed by atoms with E-state index in [1.807, 2.05) is 42.5 Å². The Kier molecular flexibility index (Phi) is 3.75. The third-order valence-electron chi connectivity index (χ3n) is 4.06. The fourth-order valence-corrected chi connectivity index (χ4v) is 3.66. The van der Waals surface area contributed by atoms with Gasteiger partial charge in [-0.15, -0.1) is 0 Å². The minimum absolute atomic E-state index is 0.231. The first-order chi connectivity index (χ1) is 9.69. The van der Waals surface area contributed by atoms with Crippen molar-refractivity contribution in [2.45, 2.75) is 30.0 Å². The predicted octanol–water partition coefficient (Wildman–Crippen LogP) is 5.24. The second-order valence-electron chi connectivity index (χ2n) is 5.44. The number of carbonyl (C=O) groups is 1. The molecule has 0 saturated heterocycles. The van der Waals surface area contributed by atoms with E-state index in [1.54, 1.807) is 0 Å². The van der Waals surface area contributed by atoms with Crippen LogP contribution in [0.5, 0.6) is 0 Å². The molecule has 0 aromatic heterocycles. The fourth-order valence-electron chi connectivity index (χ4n) is 2.87. The van der Waals surface area contributed by atoms with Gasteiger partial charge in [0.05, 0.1) is 4.32 Å². The molecule has 20 heavy (non-hydrogen) atoms. The second-order valence-corrected chi connectivity index (χ2v) is 6.96. The summed E-state index contributed by atoms with van der Waals surface area (Å²) in [5.41, 5.74) is 3.14. The Morgan fingerprint density at radius 1 is 0.850 bits per heavy atom. The van der Waals surface area contributed by atoms with Crippen LogP contribution >= 0.6 is 15.9 Å². The lowest BCUT2D eigenvalue weighted by Gasteiger charge is -2.19. The first kappa shape index (κ1) is 13.6. The normalized spacial score (nSPS) is 17.1. The second kappa shape index (κ2) is 5.53. The van der Waals surface area contributed by atoms with Crippen LogP contribution in [-0.4, -0.2) is 10.1 Å². The molecule has 1 saturated carbocycles. The van der Waals surface area contributed by atoms with Crippen LogP contribution in [0.4, 0.5) is 0 Å². The number of carbonyl (C=O) groups excluding carboxylic acids is 1. The summed E-state index contributed by atoms with van der Waals surface area (Å²) in [6, 6.07) is 18.2. The zero-order chi connectivity index (χ0) is 14.0. The van der Waals surface area contributed by atoms with Crippen molar-refractivity contribution < 1.29 is 4.79 Å². The maximum absolute atomic E-state index is 12.6. The van der Waals surface area contributed by atoms with Crippen molar-refractivity contribution in [2.24, 2.45) is 0 Å². The maximum Gasteiger partial charge on any atom is 0.179 e. The van der Waals surface area contributed by atoms with Crippen LogP contribution in [0.3, 0.4) is 0 Å². The van der Waals surface area contributed by atoms with E-state index in [-0.39, 0.29) is 10.1 Å². The summed E-state index contributed by atoms with van der Waals surface area (Å²) in [6.45, 7) is 0. The molecule has 1 fully saturated rings. The van der Waals surface area contributed by atoms with Crippen LogP contribution in [0.25, 0.3) is 11.1 Å². The Morgan fingerprint density at radius 3 is 2.00 bits per heavy atom. The number of benzene rings is 2. The molecular formula is C18H17BrO. The number of halogens is 1. The average Bonchev–Trinajstić information content (AvgIpc) is 2.96. The third kappa shape index (κ3) is 2.57. The Morgan fingerprint density at radius 2 is 1.40 bits per heavy atom. The molecule has 1 aliphatic rings. The Bertz CT molecular complexity index is 595. The first-order valence-corrected chi connectivity index (χ1v) is 7.88. The number of alkyl halides is 1. The van der Waals surface area contributed by atoms with E-state index in [0.717, 1.165) is 36.8 Å². The summed E-state index contributed by atoms with van der Waals surface area (Å²) in [7, 11) is 0. The Balaban J connectivity index is 1.85. The monoisotopic (exact) mass is 328 g/mol. The molecule has 2 aromatic rings. The van der Waals surface area contributed by atoms with E-state index >= 15 is 0 Å². The Hall–Kier alpha value is -1.41. The predicted molar refractivity (Wildman–Crippen MR) is 86.3 cm³/mol. The minimum atomic E-state index is -0.318. The smallest absolute Gasteiger partial charge is 0.179 e. The summed E-state index contributed by atoms with van der Waals surface area (Å²) >= 11 is 3.66. The zero-order valence-electron chi connectivity index (χ0n) is 11.3. The average molecular weight is 329 g/mol. The van der Waals surface area contributed by atoms with Crippen molar-refractivity contribution in [3.8, 4) is 11.1 Å². The molecule has 2 aromatic carbocycles. The summed E-state index contributed by atoms with van der Waals surface area (Å²) < 4.78 is -0.318. The van der Waals surface area contributed by atoms with Crippen molar-refractivity contribution in [1.29, 1.82) is 0 Å². The van der Waals surface area contributed by atoms with Gasteiger partial charge in [-0.2, -0.15) is 0 Å². The molecule has 1 nitrogen and oxygen atoms in total. The zero-order valence-corrected chi connectivity index (χ0v) is 12.9. The molecule has 0 atom stereocenters. The standard InChI is InChI=1S/C18H17BrO/c19-18(12-4-5-13-18)17(20)16-10-8-15(9-11-16)14-6-2-1-3-7-14/h1-3,6-11H,4-5,12-13H2. The van der Waals surface area contributed by atoms with Crippen LogP contribution in [-0.2, 0) is 0 Å². The van der Waals surface area contributed by atoms with E-state index in [9.17, 15) is 4.79 Å². The summed E-state index contributed by atoms with van der Waals surface area (Å²) in [6.07, 6.45) is 4.18. The van der Waals surface area contributed by atoms with Crippen molar-refractivity contribution >= 4 is 21.7 Å². The van der Waals surface area contributed by atoms with Crippen molar-refractivity contribution in [3.05, 3.63) is 60.2 Å². The molecule has 0 spiro atoms. The maximum atomic E-state index is 12.6. The number of hydrogen-bond donors (Lipinski definition) is 0.